The Morgan fingerprint density at radius 1 is 0.933 bits per heavy atom. The van der Waals surface area contributed by atoms with Crippen LogP contribution >= 0.6 is 23.2 Å². The molecule has 5 nitrogen and oxygen atoms in total. The summed E-state index contributed by atoms with van der Waals surface area (Å²) in [6.07, 6.45) is 1.28. The standard InChI is InChI=1S/C23H16Cl2O5/c1-27-16-3-2-4-18(10-16)30-22-13-29-21-11-17(7-8-19(21)23(22)26)28-12-14-5-6-15(24)9-20(14)25/h2-11,13H,12H2,1H3. The van der Waals surface area contributed by atoms with Crippen LogP contribution in [0, 0.1) is 0 Å². The summed E-state index contributed by atoms with van der Waals surface area (Å²) in [4.78, 5) is 12.8. The van der Waals surface area contributed by atoms with Crippen molar-refractivity contribution in [2.45, 2.75) is 6.61 Å². The second kappa shape index (κ2) is 8.69. The molecule has 0 spiro atoms. The molecule has 0 saturated heterocycles. The van der Waals surface area contributed by atoms with Crippen molar-refractivity contribution in [1.82, 2.24) is 0 Å². The van der Waals surface area contributed by atoms with Crippen LogP contribution in [-0.4, -0.2) is 7.11 Å². The minimum absolute atomic E-state index is 0.0809. The van der Waals surface area contributed by atoms with Crippen LogP contribution in [0.5, 0.6) is 23.0 Å². The number of ether oxygens (including phenoxy) is 3. The molecule has 30 heavy (non-hydrogen) atoms. The Kier molecular flexibility index (Phi) is 5.84. The molecular formula is C23H16Cl2O5. The number of fused-ring (bicyclic) bond motifs is 1. The number of rotatable bonds is 6. The van der Waals surface area contributed by atoms with E-state index in [1.165, 1.54) is 6.26 Å². The first-order chi connectivity index (χ1) is 14.5. The molecule has 1 aromatic heterocycles. The second-order valence-electron chi connectivity index (χ2n) is 6.39. The lowest BCUT2D eigenvalue weighted by atomic mass is 10.2. The molecule has 0 atom stereocenters. The zero-order valence-corrected chi connectivity index (χ0v) is 17.4. The normalized spacial score (nSPS) is 10.8. The van der Waals surface area contributed by atoms with Gasteiger partial charge in [-0.15, -0.1) is 0 Å². The predicted octanol–water partition coefficient (Wildman–Crippen LogP) is 6.48. The first-order valence-corrected chi connectivity index (χ1v) is 9.73. The molecule has 0 unspecified atom stereocenters. The van der Waals surface area contributed by atoms with Crippen LogP contribution in [-0.2, 0) is 6.61 Å². The van der Waals surface area contributed by atoms with Crippen LogP contribution in [0.3, 0.4) is 0 Å². The van der Waals surface area contributed by atoms with Crippen molar-refractivity contribution in [3.05, 3.63) is 92.8 Å². The van der Waals surface area contributed by atoms with E-state index >= 15 is 0 Å². The number of halogens is 2. The molecule has 0 N–H and O–H groups in total. The van der Waals surface area contributed by atoms with Crippen molar-refractivity contribution in [2.75, 3.05) is 7.11 Å². The molecule has 4 rings (SSSR count). The zero-order valence-electron chi connectivity index (χ0n) is 15.9. The summed E-state index contributed by atoms with van der Waals surface area (Å²) in [6.45, 7) is 0.253. The molecule has 0 saturated carbocycles. The van der Waals surface area contributed by atoms with Crippen molar-refractivity contribution in [1.29, 1.82) is 0 Å². The molecule has 7 heteroatoms. The van der Waals surface area contributed by atoms with E-state index in [0.717, 1.165) is 5.56 Å². The van der Waals surface area contributed by atoms with Gasteiger partial charge in [0.05, 0.1) is 12.5 Å². The third-order valence-corrected chi connectivity index (χ3v) is 4.98. The van der Waals surface area contributed by atoms with Crippen LogP contribution in [0.25, 0.3) is 11.0 Å². The molecule has 0 amide bonds. The van der Waals surface area contributed by atoms with E-state index < -0.39 is 0 Å². The van der Waals surface area contributed by atoms with Crippen LogP contribution in [0.15, 0.2) is 76.1 Å². The van der Waals surface area contributed by atoms with Gasteiger partial charge in [0.25, 0.3) is 0 Å². The number of hydrogen-bond acceptors (Lipinski definition) is 5. The molecule has 152 valence electrons. The average Bonchev–Trinajstić information content (AvgIpc) is 2.75. The quantitative estimate of drug-likeness (QED) is 0.341. The number of hydrogen-bond donors (Lipinski definition) is 0. The van der Waals surface area contributed by atoms with E-state index in [0.29, 0.717) is 38.3 Å². The molecule has 0 aliphatic carbocycles. The van der Waals surface area contributed by atoms with Gasteiger partial charge in [-0.2, -0.15) is 0 Å². The minimum atomic E-state index is -0.286. The first-order valence-electron chi connectivity index (χ1n) is 8.97. The zero-order chi connectivity index (χ0) is 21.1. The lowest BCUT2D eigenvalue weighted by Crippen LogP contribution is -2.05. The summed E-state index contributed by atoms with van der Waals surface area (Å²) in [5, 5.41) is 1.46. The molecule has 3 aromatic carbocycles. The molecular weight excluding hydrogens is 427 g/mol. The van der Waals surface area contributed by atoms with Gasteiger partial charge in [-0.3, -0.25) is 4.79 Å². The van der Waals surface area contributed by atoms with Gasteiger partial charge in [0.2, 0.25) is 11.2 Å². The van der Waals surface area contributed by atoms with Crippen LogP contribution in [0.4, 0.5) is 0 Å². The van der Waals surface area contributed by atoms with E-state index in [2.05, 4.69) is 0 Å². The third kappa shape index (κ3) is 4.37. The maximum Gasteiger partial charge on any atom is 0.235 e. The summed E-state index contributed by atoms with van der Waals surface area (Å²) in [5.41, 5.74) is 0.897. The largest absolute Gasteiger partial charge is 0.497 e. The highest BCUT2D eigenvalue weighted by atomic mass is 35.5. The number of benzene rings is 3. The summed E-state index contributed by atoms with van der Waals surface area (Å²) >= 11 is 12.1. The molecule has 0 aliphatic heterocycles. The van der Waals surface area contributed by atoms with Crippen molar-refractivity contribution in [2.24, 2.45) is 0 Å². The Morgan fingerprint density at radius 2 is 1.77 bits per heavy atom. The van der Waals surface area contributed by atoms with Gasteiger partial charge in [-0.25, -0.2) is 0 Å². The topological polar surface area (TPSA) is 57.9 Å². The van der Waals surface area contributed by atoms with Crippen molar-refractivity contribution in [3.8, 4) is 23.0 Å². The maximum absolute atomic E-state index is 12.8. The highest BCUT2D eigenvalue weighted by Crippen LogP contribution is 2.27. The molecule has 1 heterocycles. The SMILES string of the molecule is COc1cccc(Oc2coc3cc(OCc4ccc(Cl)cc4Cl)ccc3c2=O)c1. The molecule has 0 fully saturated rings. The van der Waals surface area contributed by atoms with Crippen LogP contribution in [0.1, 0.15) is 5.56 Å². The maximum atomic E-state index is 12.8. The van der Waals surface area contributed by atoms with E-state index in [1.807, 2.05) is 0 Å². The Bertz CT molecular complexity index is 1270. The summed E-state index contributed by atoms with van der Waals surface area (Å²) in [5.74, 6) is 1.72. The van der Waals surface area contributed by atoms with Crippen LogP contribution in [0.2, 0.25) is 10.0 Å². The monoisotopic (exact) mass is 442 g/mol. The lowest BCUT2D eigenvalue weighted by Gasteiger charge is -2.10. The van der Waals surface area contributed by atoms with E-state index in [9.17, 15) is 4.79 Å². The smallest absolute Gasteiger partial charge is 0.235 e. The highest BCUT2D eigenvalue weighted by Gasteiger charge is 2.11. The summed E-state index contributed by atoms with van der Waals surface area (Å²) in [7, 11) is 1.56. The van der Waals surface area contributed by atoms with Gasteiger partial charge in [0, 0.05) is 27.7 Å². The summed E-state index contributed by atoms with van der Waals surface area (Å²) in [6, 6.07) is 17.1. The fraction of sp³-hybridized carbons (Fsp3) is 0.0870. The Morgan fingerprint density at radius 3 is 2.57 bits per heavy atom. The molecule has 4 aromatic rings. The Hall–Kier alpha value is -3.15. The van der Waals surface area contributed by atoms with E-state index in [4.69, 9.17) is 41.8 Å². The van der Waals surface area contributed by atoms with Crippen molar-refractivity contribution >= 4 is 34.2 Å². The Labute approximate surface area is 182 Å². The fourth-order valence-corrected chi connectivity index (χ4v) is 3.31. The number of methoxy groups -OCH3 is 1. The van der Waals surface area contributed by atoms with E-state index in [-0.39, 0.29) is 17.8 Å². The van der Waals surface area contributed by atoms with Gasteiger partial charge in [0.1, 0.15) is 35.7 Å². The molecule has 0 radical (unpaired) electrons. The molecule has 0 bridgehead atoms. The van der Waals surface area contributed by atoms with Gasteiger partial charge in [-0.05, 0) is 36.4 Å². The predicted molar refractivity (Wildman–Crippen MR) is 116 cm³/mol. The average molecular weight is 443 g/mol. The fourth-order valence-electron chi connectivity index (χ4n) is 2.84. The minimum Gasteiger partial charge on any atom is -0.497 e. The first kappa shape index (κ1) is 20.1. The van der Waals surface area contributed by atoms with Gasteiger partial charge in [0.15, 0.2) is 0 Å². The van der Waals surface area contributed by atoms with Crippen LogP contribution < -0.4 is 19.6 Å². The lowest BCUT2D eigenvalue weighted by molar-refractivity contribution is 0.306. The third-order valence-electron chi connectivity index (χ3n) is 4.39. The second-order valence-corrected chi connectivity index (χ2v) is 7.24. The summed E-state index contributed by atoms with van der Waals surface area (Å²) < 4.78 is 22.2. The highest BCUT2D eigenvalue weighted by molar-refractivity contribution is 6.35. The van der Waals surface area contributed by atoms with Crippen molar-refractivity contribution < 1.29 is 18.6 Å². The van der Waals surface area contributed by atoms with Crippen molar-refractivity contribution in [3.63, 3.8) is 0 Å². The van der Waals surface area contributed by atoms with Gasteiger partial charge in [-0.1, -0.05) is 35.3 Å². The van der Waals surface area contributed by atoms with E-state index in [1.54, 1.807) is 67.8 Å². The molecule has 0 aliphatic rings. The van der Waals surface area contributed by atoms with Gasteiger partial charge < -0.3 is 18.6 Å². The Balaban J connectivity index is 1.55. The van der Waals surface area contributed by atoms with Gasteiger partial charge >= 0.3 is 0 Å².